The van der Waals surface area contributed by atoms with Crippen LogP contribution in [0.15, 0.2) is 24.3 Å². The molecule has 1 aromatic rings. The zero-order valence-corrected chi connectivity index (χ0v) is 11.2. The standard InChI is InChI=1S/C11H14ClNO3S/c1-8(12)9-5-3-4-6-10(9)13-11(14)7-17(2,15)16/h3-6,8H,7H2,1-2H3,(H,13,14). The average Bonchev–Trinajstić information content (AvgIpc) is 2.14. The second-order valence-corrected chi connectivity index (χ2v) is 6.62. The Morgan fingerprint density at radius 2 is 2.00 bits per heavy atom. The van der Waals surface area contributed by atoms with E-state index in [9.17, 15) is 13.2 Å². The highest BCUT2D eigenvalue weighted by Crippen LogP contribution is 2.26. The van der Waals surface area contributed by atoms with Crippen molar-refractivity contribution in [3.05, 3.63) is 29.8 Å². The predicted molar refractivity (Wildman–Crippen MR) is 69.1 cm³/mol. The van der Waals surface area contributed by atoms with Crippen molar-refractivity contribution in [1.82, 2.24) is 0 Å². The van der Waals surface area contributed by atoms with E-state index >= 15 is 0 Å². The van der Waals surface area contributed by atoms with Gasteiger partial charge in [0.05, 0.1) is 5.38 Å². The van der Waals surface area contributed by atoms with Crippen LogP contribution in [-0.2, 0) is 14.6 Å². The Hall–Kier alpha value is -1.07. The predicted octanol–water partition coefficient (Wildman–Crippen LogP) is 1.97. The maximum atomic E-state index is 11.5. The molecule has 1 aromatic carbocycles. The van der Waals surface area contributed by atoms with Crippen molar-refractivity contribution in [1.29, 1.82) is 0 Å². The van der Waals surface area contributed by atoms with E-state index in [1.54, 1.807) is 31.2 Å². The molecule has 0 fully saturated rings. The number of carbonyl (C=O) groups excluding carboxylic acids is 1. The normalized spacial score (nSPS) is 13.1. The van der Waals surface area contributed by atoms with E-state index in [0.29, 0.717) is 5.69 Å². The van der Waals surface area contributed by atoms with Crippen LogP contribution < -0.4 is 5.32 Å². The second kappa shape index (κ2) is 5.51. The summed E-state index contributed by atoms with van der Waals surface area (Å²) >= 11 is 5.96. The van der Waals surface area contributed by atoms with Crippen LogP contribution in [0, 0.1) is 0 Å². The number of carbonyl (C=O) groups is 1. The molecule has 6 heteroatoms. The molecule has 94 valence electrons. The van der Waals surface area contributed by atoms with Gasteiger partial charge in [-0.15, -0.1) is 11.6 Å². The molecular weight excluding hydrogens is 262 g/mol. The first-order valence-corrected chi connectivity index (χ1v) is 7.50. The lowest BCUT2D eigenvalue weighted by atomic mass is 10.1. The molecule has 1 atom stereocenters. The summed E-state index contributed by atoms with van der Waals surface area (Å²) in [7, 11) is -3.32. The first kappa shape index (κ1) is 14.0. The van der Waals surface area contributed by atoms with Crippen molar-refractivity contribution in [2.24, 2.45) is 0 Å². The summed E-state index contributed by atoms with van der Waals surface area (Å²) in [4.78, 5) is 11.5. The van der Waals surface area contributed by atoms with E-state index in [0.717, 1.165) is 11.8 Å². The Bertz CT molecular complexity index is 511. The molecule has 0 aliphatic carbocycles. The lowest BCUT2D eigenvalue weighted by Gasteiger charge is -2.11. The first-order chi connectivity index (χ1) is 7.79. The van der Waals surface area contributed by atoms with Gasteiger partial charge in [-0.25, -0.2) is 8.42 Å². The number of hydrogen-bond donors (Lipinski definition) is 1. The van der Waals surface area contributed by atoms with Gasteiger partial charge in [-0.2, -0.15) is 0 Å². The van der Waals surface area contributed by atoms with Gasteiger partial charge in [0, 0.05) is 11.9 Å². The molecule has 0 bridgehead atoms. The van der Waals surface area contributed by atoms with Gasteiger partial charge in [0.1, 0.15) is 5.75 Å². The molecule has 1 rings (SSSR count). The number of anilines is 1. The summed E-state index contributed by atoms with van der Waals surface area (Å²) in [6.07, 6.45) is 1.02. The van der Waals surface area contributed by atoms with Crippen molar-refractivity contribution in [2.75, 3.05) is 17.3 Å². The van der Waals surface area contributed by atoms with Crippen LogP contribution in [0.1, 0.15) is 17.9 Å². The molecule has 0 heterocycles. The number of nitrogens with one attached hydrogen (secondary N) is 1. The lowest BCUT2D eigenvalue weighted by Crippen LogP contribution is -2.22. The van der Waals surface area contributed by atoms with Gasteiger partial charge in [-0.3, -0.25) is 4.79 Å². The minimum absolute atomic E-state index is 0.260. The number of amides is 1. The Balaban J connectivity index is 2.85. The number of rotatable bonds is 4. The molecular formula is C11H14ClNO3S. The van der Waals surface area contributed by atoms with E-state index < -0.39 is 21.5 Å². The molecule has 0 aliphatic rings. The summed E-state index contributed by atoms with van der Waals surface area (Å²) < 4.78 is 21.9. The van der Waals surface area contributed by atoms with E-state index in [-0.39, 0.29) is 5.38 Å². The van der Waals surface area contributed by atoms with E-state index in [4.69, 9.17) is 11.6 Å². The molecule has 0 saturated heterocycles. The molecule has 1 N–H and O–H groups in total. The van der Waals surface area contributed by atoms with E-state index in [2.05, 4.69) is 5.32 Å². The number of sulfone groups is 1. The van der Waals surface area contributed by atoms with Crippen molar-refractivity contribution in [3.8, 4) is 0 Å². The third-order valence-corrected chi connectivity index (χ3v) is 3.08. The zero-order valence-electron chi connectivity index (χ0n) is 9.60. The van der Waals surface area contributed by atoms with Gasteiger partial charge in [-0.1, -0.05) is 18.2 Å². The van der Waals surface area contributed by atoms with Crippen LogP contribution in [0.3, 0.4) is 0 Å². The zero-order chi connectivity index (χ0) is 13.1. The van der Waals surface area contributed by atoms with Crippen LogP contribution >= 0.6 is 11.6 Å². The van der Waals surface area contributed by atoms with Crippen LogP contribution in [0.25, 0.3) is 0 Å². The number of hydrogen-bond acceptors (Lipinski definition) is 3. The highest BCUT2D eigenvalue weighted by Gasteiger charge is 2.14. The van der Waals surface area contributed by atoms with Crippen LogP contribution in [-0.4, -0.2) is 26.3 Å². The Morgan fingerprint density at radius 1 is 1.41 bits per heavy atom. The minimum atomic E-state index is -3.32. The topological polar surface area (TPSA) is 63.2 Å². The van der Waals surface area contributed by atoms with Gasteiger partial charge in [0.15, 0.2) is 9.84 Å². The molecule has 4 nitrogen and oxygen atoms in total. The summed E-state index contributed by atoms with van der Waals surface area (Å²) in [6.45, 7) is 1.78. The first-order valence-electron chi connectivity index (χ1n) is 5.00. The molecule has 0 aromatic heterocycles. The fourth-order valence-electron chi connectivity index (χ4n) is 1.38. The molecule has 0 aliphatic heterocycles. The highest BCUT2D eigenvalue weighted by molar-refractivity contribution is 7.91. The Morgan fingerprint density at radius 3 is 2.53 bits per heavy atom. The van der Waals surface area contributed by atoms with Crippen molar-refractivity contribution in [2.45, 2.75) is 12.3 Å². The summed E-state index contributed by atoms with van der Waals surface area (Å²) in [6, 6.07) is 7.03. The molecule has 1 unspecified atom stereocenters. The molecule has 0 spiro atoms. The van der Waals surface area contributed by atoms with Crippen LogP contribution in [0.2, 0.25) is 0 Å². The average molecular weight is 276 g/mol. The third-order valence-electron chi connectivity index (χ3n) is 2.06. The SMILES string of the molecule is CC(Cl)c1ccccc1NC(=O)CS(C)(=O)=O. The van der Waals surface area contributed by atoms with Crippen LogP contribution in [0.4, 0.5) is 5.69 Å². The fourth-order valence-corrected chi connectivity index (χ4v) is 2.12. The van der Waals surface area contributed by atoms with Gasteiger partial charge in [-0.05, 0) is 18.6 Å². The number of halogens is 1. The molecule has 1 amide bonds. The summed E-state index contributed by atoms with van der Waals surface area (Å²) in [5.74, 6) is -1.09. The fraction of sp³-hybridized carbons (Fsp3) is 0.364. The summed E-state index contributed by atoms with van der Waals surface area (Å²) in [5, 5.41) is 2.29. The Kier molecular flexibility index (Phi) is 4.54. The Labute approximate surface area is 106 Å². The van der Waals surface area contributed by atoms with E-state index in [1.807, 2.05) is 0 Å². The second-order valence-electron chi connectivity index (χ2n) is 3.82. The van der Waals surface area contributed by atoms with Gasteiger partial charge in [0.2, 0.25) is 5.91 Å². The molecule has 0 radical (unpaired) electrons. The van der Waals surface area contributed by atoms with Crippen molar-refractivity contribution >= 4 is 33.0 Å². The smallest absolute Gasteiger partial charge is 0.239 e. The molecule has 17 heavy (non-hydrogen) atoms. The maximum Gasteiger partial charge on any atom is 0.239 e. The quantitative estimate of drug-likeness (QED) is 0.855. The van der Waals surface area contributed by atoms with Crippen LogP contribution in [0.5, 0.6) is 0 Å². The lowest BCUT2D eigenvalue weighted by molar-refractivity contribution is -0.113. The largest absolute Gasteiger partial charge is 0.325 e. The monoisotopic (exact) mass is 275 g/mol. The highest BCUT2D eigenvalue weighted by atomic mass is 35.5. The number of para-hydroxylation sites is 1. The number of benzene rings is 1. The maximum absolute atomic E-state index is 11.5. The minimum Gasteiger partial charge on any atom is -0.325 e. The van der Waals surface area contributed by atoms with Gasteiger partial charge in [0.25, 0.3) is 0 Å². The molecule has 0 saturated carbocycles. The van der Waals surface area contributed by atoms with Crippen molar-refractivity contribution in [3.63, 3.8) is 0 Å². The van der Waals surface area contributed by atoms with Gasteiger partial charge < -0.3 is 5.32 Å². The third kappa shape index (κ3) is 4.75. The van der Waals surface area contributed by atoms with Gasteiger partial charge >= 0.3 is 0 Å². The van der Waals surface area contributed by atoms with Crippen molar-refractivity contribution < 1.29 is 13.2 Å². The summed E-state index contributed by atoms with van der Waals surface area (Å²) in [5.41, 5.74) is 1.31. The van der Waals surface area contributed by atoms with E-state index in [1.165, 1.54) is 0 Å². The number of alkyl halides is 1.